The summed E-state index contributed by atoms with van der Waals surface area (Å²) < 4.78 is 7.07. The van der Waals surface area contributed by atoms with E-state index in [2.05, 4.69) is 29.6 Å². The molecular weight excluding hydrogens is 320 g/mol. The number of aryl methyl sites for hydroxylation is 1. The van der Waals surface area contributed by atoms with Crippen molar-refractivity contribution in [3.63, 3.8) is 0 Å². The molecule has 7 nitrogen and oxygen atoms in total. The molecule has 0 saturated carbocycles. The summed E-state index contributed by atoms with van der Waals surface area (Å²) in [6.45, 7) is 4.44. The summed E-state index contributed by atoms with van der Waals surface area (Å²) in [7, 11) is 1.78. The summed E-state index contributed by atoms with van der Waals surface area (Å²) in [6, 6.07) is 10.7. The summed E-state index contributed by atoms with van der Waals surface area (Å²) in [4.78, 5) is 12.0. The van der Waals surface area contributed by atoms with Gasteiger partial charge in [0.15, 0.2) is 0 Å². The highest BCUT2D eigenvalue weighted by Gasteiger charge is 2.11. The number of nitrogens with zero attached hydrogens (tertiary/aromatic N) is 2. The minimum absolute atomic E-state index is 0.0926. The molecule has 2 aromatic rings. The predicted octanol–water partition coefficient (Wildman–Crippen LogP) is 2.18. The van der Waals surface area contributed by atoms with Gasteiger partial charge in [-0.15, -0.1) is 0 Å². The molecule has 2 rings (SSSR count). The number of amides is 2. The van der Waals surface area contributed by atoms with Crippen molar-refractivity contribution in [2.24, 2.45) is 13.0 Å². The molecule has 1 aromatic carbocycles. The molecular formula is C18H26N4O3. The van der Waals surface area contributed by atoms with Crippen molar-refractivity contribution in [1.29, 1.82) is 0 Å². The van der Waals surface area contributed by atoms with Crippen LogP contribution in [-0.2, 0) is 13.5 Å². The third-order valence-electron chi connectivity index (χ3n) is 3.47. The van der Waals surface area contributed by atoms with E-state index in [9.17, 15) is 9.90 Å². The second-order valence-corrected chi connectivity index (χ2v) is 6.36. The summed E-state index contributed by atoms with van der Waals surface area (Å²) in [6.07, 6.45) is 0.0566. The summed E-state index contributed by atoms with van der Waals surface area (Å²) >= 11 is 0. The molecule has 0 radical (unpaired) electrons. The number of benzene rings is 1. The van der Waals surface area contributed by atoms with Crippen LogP contribution in [-0.4, -0.2) is 40.2 Å². The van der Waals surface area contributed by atoms with Gasteiger partial charge in [-0.3, -0.25) is 10.00 Å². The quantitative estimate of drug-likeness (QED) is 0.683. The van der Waals surface area contributed by atoms with Gasteiger partial charge in [-0.1, -0.05) is 32.0 Å². The van der Waals surface area contributed by atoms with Gasteiger partial charge < -0.3 is 15.2 Å². The number of nitrogens with one attached hydrogen (secondary N) is 2. The molecule has 25 heavy (non-hydrogen) atoms. The van der Waals surface area contributed by atoms with Crippen molar-refractivity contribution < 1.29 is 14.6 Å². The maximum Gasteiger partial charge on any atom is 0.320 e. The Hall–Kier alpha value is -2.54. The maximum atomic E-state index is 12.0. The monoisotopic (exact) mass is 346 g/mol. The first-order valence-corrected chi connectivity index (χ1v) is 8.37. The van der Waals surface area contributed by atoms with Crippen LogP contribution in [0.4, 0.5) is 10.6 Å². The Balaban J connectivity index is 1.74. The van der Waals surface area contributed by atoms with Crippen LogP contribution in [0.25, 0.3) is 0 Å². The number of urea groups is 1. The van der Waals surface area contributed by atoms with Crippen molar-refractivity contribution in [2.75, 3.05) is 18.5 Å². The zero-order valence-electron chi connectivity index (χ0n) is 14.9. The molecule has 2 amide bonds. The Morgan fingerprint density at radius 3 is 2.72 bits per heavy atom. The number of aromatic nitrogens is 2. The smallest absolute Gasteiger partial charge is 0.320 e. The van der Waals surface area contributed by atoms with Crippen LogP contribution >= 0.6 is 0 Å². The molecule has 0 aliphatic carbocycles. The number of anilines is 1. The van der Waals surface area contributed by atoms with Crippen LogP contribution in [0, 0.1) is 5.92 Å². The molecule has 0 fully saturated rings. The summed E-state index contributed by atoms with van der Waals surface area (Å²) in [5.41, 5.74) is 0.934. The fourth-order valence-corrected chi connectivity index (χ4v) is 2.30. The van der Waals surface area contributed by atoms with Crippen molar-refractivity contribution >= 4 is 11.8 Å². The van der Waals surface area contributed by atoms with Crippen molar-refractivity contribution in [1.82, 2.24) is 15.1 Å². The zero-order valence-corrected chi connectivity index (χ0v) is 14.9. The predicted molar refractivity (Wildman–Crippen MR) is 96.7 cm³/mol. The van der Waals surface area contributed by atoms with E-state index < -0.39 is 12.1 Å². The van der Waals surface area contributed by atoms with Crippen LogP contribution < -0.4 is 15.4 Å². The topological polar surface area (TPSA) is 88.4 Å². The highest BCUT2D eigenvalue weighted by atomic mass is 16.5. The van der Waals surface area contributed by atoms with Gasteiger partial charge in [0.25, 0.3) is 0 Å². The van der Waals surface area contributed by atoms with Crippen molar-refractivity contribution in [3.05, 3.63) is 42.1 Å². The lowest BCUT2D eigenvalue weighted by Crippen LogP contribution is -2.38. The van der Waals surface area contributed by atoms with E-state index in [1.165, 1.54) is 0 Å². The number of rotatable bonds is 8. The van der Waals surface area contributed by atoms with E-state index in [0.29, 0.717) is 17.5 Å². The second-order valence-electron chi connectivity index (χ2n) is 6.36. The first-order chi connectivity index (χ1) is 11.9. The van der Waals surface area contributed by atoms with Crippen LogP contribution in [0.3, 0.4) is 0 Å². The van der Waals surface area contributed by atoms with E-state index in [-0.39, 0.29) is 13.2 Å². The fraction of sp³-hybridized carbons (Fsp3) is 0.444. The lowest BCUT2D eigenvalue weighted by molar-refractivity contribution is 0.108. The molecule has 0 aliphatic rings. The van der Waals surface area contributed by atoms with Gasteiger partial charge in [0, 0.05) is 19.7 Å². The highest BCUT2D eigenvalue weighted by Crippen LogP contribution is 2.12. The van der Waals surface area contributed by atoms with E-state index in [0.717, 1.165) is 12.1 Å². The Morgan fingerprint density at radius 1 is 1.32 bits per heavy atom. The van der Waals surface area contributed by atoms with E-state index in [1.807, 2.05) is 36.4 Å². The molecule has 7 heteroatoms. The summed E-state index contributed by atoms with van der Waals surface area (Å²) in [5, 5.41) is 19.6. The van der Waals surface area contributed by atoms with E-state index >= 15 is 0 Å². The first kappa shape index (κ1) is 18.8. The average molecular weight is 346 g/mol. The first-order valence-electron chi connectivity index (χ1n) is 8.37. The Morgan fingerprint density at radius 2 is 2.04 bits per heavy atom. The molecule has 3 N–H and O–H groups in total. The second kappa shape index (κ2) is 9.08. The van der Waals surface area contributed by atoms with E-state index in [4.69, 9.17) is 4.74 Å². The molecule has 136 valence electrons. The third-order valence-corrected chi connectivity index (χ3v) is 3.47. The standard InChI is InChI=1S/C18H26N4O3/c1-13(2)9-14-10-17(22(3)21-14)20-18(24)19-11-15(23)12-25-16-7-5-4-6-8-16/h4-8,10,13,15,23H,9,11-12H2,1-3H3,(H2,19,20,24)/t15-/m1/s1. The Bertz CT molecular complexity index is 670. The Labute approximate surface area is 148 Å². The molecule has 0 aliphatic heterocycles. The van der Waals surface area contributed by atoms with Crippen LogP contribution in [0.1, 0.15) is 19.5 Å². The van der Waals surface area contributed by atoms with Gasteiger partial charge in [0.05, 0.1) is 5.69 Å². The molecule has 0 saturated heterocycles. The number of aliphatic hydroxyl groups excluding tert-OH is 1. The molecule has 0 unspecified atom stereocenters. The number of hydrogen-bond donors (Lipinski definition) is 3. The largest absolute Gasteiger partial charge is 0.491 e. The van der Waals surface area contributed by atoms with Crippen LogP contribution in [0.2, 0.25) is 0 Å². The Kier molecular flexibility index (Phi) is 6.82. The van der Waals surface area contributed by atoms with Gasteiger partial charge in [0.1, 0.15) is 24.3 Å². The third kappa shape index (κ3) is 6.46. The van der Waals surface area contributed by atoms with Crippen LogP contribution in [0.15, 0.2) is 36.4 Å². The van der Waals surface area contributed by atoms with Gasteiger partial charge in [0.2, 0.25) is 0 Å². The number of carbonyl (C=O) groups excluding carboxylic acids is 1. The highest BCUT2D eigenvalue weighted by molar-refractivity contribution is 5.88. The molecule has 1 atom stereocenters. The zero-order chi connectivity index (χ0) is 18.2. The maximum absolute atomic E-state index is 12.0. The molecule has 0 bridgehead atoms. The van der Waals surface area contributed by atoms with Crippen LogP contribution in [0.5, 0.6) is 5.75 Å². The summed E-state index contributed by atoms with van der Waals surface area (Å²) in [5.74, 6) is 1.79. The normalized spacial score (nSPS) is 12.0. The lowest BCUT2D eigenvalue weighted by Gasteiger charge is -2.13. The van der Waals surface area contributed by atoms with Gasteiger partial charge in [-0.25, -0.2) is 4.79 Å². The minimum atomic E-state index is -0.797. The SMILES string of the molecule is CC(C)Cc1cc(NC(=O)NC[C@@H](O)COc2ccccc2)n(C)n1. The van der Waals surface area contributed by atoms with Gasteiger partial charge >= 0.3 is 6.03 Å². The minimum Gasteiger partial charge on any atom is -0.491 e. The van der Waals surface area contributed by atoms with E-state index in [1.54, 1.807) is 11.7 Å². The van der Waals surface area contributed by atoms with Crippen molar-refractivity contribution in [3.8, 4) is 5.75 Å². The molecule has 1 heterocycles. The number of ether oxygens (including phenoxy) is 1. The number of para-hydroxylation sites is 1. The average Bonchev–Trinajstić information content (AvgIpc) is 2.90. The van der Waals surface area contributed by atoms with Crippen molar-refractivity contribution in [2.45, 2.75) is 26.4 Å². The fourth-order valence-electron chi connectivity index (χ4n) is 2.30. The number of aliphatic hydroxyl groups is 1. The lowest BCUT2D eigenvalue weighted by atomic mass is 10.1. The number of carbonyl (C=O) groups is 1. The van der Waals surface area contributed by atoms with Gasteiger partial charge in [-0.05, 0) is 24.5 Å². The molecule has 1 aromatic heterocycles. The van der Waals surface area contributed by atoms with Gasteiger partial charge in [-0.2, -0.15) is 5.10 Å². The number of hydrogen-bond acceptors (Lipinski definition) is 4. The molecule has 0 spiro atoms.